The highest BCUT2D eigenvalue weighted by atomic mass is 32.1. The van der Waals surface area contributed by atoms with Crippen molar-refractivity contribution in [2.45, 2.75) is 32.2 Å². The van der Waals surface area contributed by atoms with Gasteiger partial charge in [0, 0.05) is 36.1 Å². The second-order valence-corrected chi connectivity index (χ2v) is 7.23. The number of pyridine rings is 1. The maximum Gasteiger partial charge on any atom is 0.227 e. The molecule has 0 saturated carbocycles. The van der Waals surface area contributed by atoms with Gasteiger partial charge in [0.2, 0.25) is 5.91 Å². The lowest BCUT2D eigenvalue weighted by Gasteiger charge is -2.22. The van der Waals surface area contributed by atoms with Gasteiger partial charge in [0.05, 0.1) is 16.4 Å². The van der Waals surface area contributed by atoms with E-state index in [1.807, 2.05) is 46.7 Å². The number of hydrogen-bond acceptors (Lipinski definition) is 4. The molecule has 3 heterocycles. The summed E-state index contributed by atoms with van der Waals surface area (Å²) < 4.78 is 0. The minimum atomic E-state index is 0.173. The molecule has 2 aromatic heterocycles. The lowest BCUT2D eigenvalue weighted by Crippen LogP contribution is -2.35. The van der Waals surface area contributed by atoms with Gasteiger partial charge in [-0.3, -0.25) is 9.78 Å². The molecule has 126 valence electrons. The number of anilines is 1. The summed E-state index contributed by atoms with van der Waals surface area (Å²) in [5.74, 6) is 0.173. The number of benzene rings is 1. The molecule has 0 N–H and O–H groups in total. The van der Waals surface area contributed by atoms with E-state index in [9.17, 15) is 4.79 Å². The Morgan fingerprint density at radius 2 is 2.04 bits per heavy atom. The van der Waals surface area contributed by atoms with Gasteiger partial charge in [-0.05, 0) is 37.1 Å². The van der Waals surface area contributed by atoms with Gasteiger partial charge in [0.15, 0.2) is 0 Å². The van der Waals surface area contributed by atoms with Crippen molar-refractivity contribution in [3.05, 3.63) is 64.6 Å². The Balaban J connectivity index is 1.44. The summed E-state index contributed by atoms with van der Waals surface area (Å²) in [5.41, 5.74) is 4.08. The van der Waals surface area contributed by atoms with Gasteiger partial charge >= 0.3 is 0 Å². The first kappa shape index (κ1) is 16.0. The molecule has 25 heavy (non-hydrogen) atoms. The van der Waals surface area contributed by atoms with Crippen LogP contribution in [-0.4, -0.2) is 21.9 Å². The fourth-order valence-corrected chi connectivity index (χ4v) is 4.13. The van der Waals surface area contributed by atoms with E-state index in [-0.39, 0.29) is 11.9 Å². The van der Waals surface area contributed by atoms with Crippen molar-refractivity contribution in [2.24, 2.45) is 0 Å². The lowest BCUT2D eigenvalue weighted by molar-refractivity contribution is -0.118. The highest BCUT2D eigenvalue weighted by Gasteiger charge is 2.30. The maximum atomic E-state index is 12.8. The van der Waals surface area contributed by atoms with Gasteiger partial charge in [0.1, 0.15) is 0 Å². The highest BCUT2D eigenvalue weighted by molar-refractivity contribution is 7.09. The third-order valence-electron chi connectivity index (χ3n) is 4.51. The molecule has 0 fully saturated rings. The molecule has 0 radical (unpaired) electrons. The molecule has 1 atom stereocenters. The Morgan fingerprint density at radius 1 is 1.20 bits per heavy atom. The first-order chi connectivity index (χ1) is 12.2. The number of nitrogens with zero attached hydrogens (tertiary/aromatic N) is 3. The van der Waals surface area contributed by atoms with E-state index < -0.39 is 0 Å². The highest BCUT2D eigenvalue weighted by Crippen LogP contribution is 2.32. The molecule has 0 aliphatic carbocycles. The summed E-state index contributed by atoms with van der Waals surface area (Å²) in [4.78, 5) is 23.7. The topological polar surface area (TPSA) is 46.1 Å². The van der Waals surface area contributed by atoms with Crippen LogP contribution in [0.4, 0.5) is 5.69 Å². The van der Waals surface area contributed by atoms with E-state index in [4.69, 9.17) is 0 Å². The van der Waals surface area contributed by atoms with Crippen LogP contribution >= 0.6 is 11.3 Å². The van der Waals surface area contributed by atoms with E-state index in [1.165, 1.54) is 5.56 Å². The van der Waals surface area contributed by atoms with E-state index in [1.54, 1.807) is 17.5 Å². The molecular formula is C20H19N3OS. The van der Waals surface area contributed by atoms with E-state index in [0.29, 0.717) is 12.8 Å². The Bertz CT molecular complexity index is 891. The lowest BCUT2D eigenvalue weighted by atomic mass is 10.1. The number of aryl methyl sites for hydroxylation is 1. The molecule has 1 amide bonds. The summed E-state index contributed by atoms with van der Waals surface area (Å²) >= 11 is 1.59. The van der Waals surface area contributed by atoms with Gasteiger partial charge in [-0.1, -0.05) is 24.3 Å². The number of carbonyl (C=O) groups excluding carboxylic acids is 1. The number of para-hydroxylation sites is 1. The fourth-order valence-electron chi connectivity index (χ4n) is 3.34. The first-order valence-electron chi connectivity index (χ1n) is 8.48. The van der Waals surface area contributed by atoms with Crippen LogP contribution in [0.3, 0.4) is 0 Å². The molecule has 5 heteroatoms. The normalized spacial score (nSPS) is 16.0. The number of fused-ring (bicyclic) bond motifs is 1. The monoisotopic (exact) mass is 349 g/mol. The maximum absolute atomic E-state index is 12.8. The third kappa shape index (κ3) is 3.20. The molecule has 1 aromatic carbocycles. The molecule has 4 rings (SSSR count). The summed E-state index contributed by atoms with van der Waals surface area (Å²) in [6.45, 7) is 2.11. The molecule has 1 aliphatic rings. The molecular weight excluding hydrogens is 330 g/mol. The van der Waals surface area contributed by atoms with Crippen molar-refractivity contribution < 1.29 is 4.79 Å². The molecule has 4 nitrogen and oxygen atoms in total. The number of hydrogen-bond donors (Lipinski definition) is 0. The summed E-state index contributed by atoms with van der Waals surface area (Å²) in [7, 11) is 0. The zero-order chi connectivity index (χ0) is 17.2. The summed E-state index contributed by atoms with van der Waals surface area (Å²) in [6.07, 6.45) is 3.85. The van der Waals surface area contributed by atoms with Gasteiger partial charge in [0.25, 0.3) is 0 Å². The second-order valence-electron chi connectivity index (χ2n) is 6.29. The molecule has 0 saturated heterocycles. The predicted octanol–water partition coefficient (Wildman–Crippen LogP) is 4.12. The van der Waals surface area contributed by atoms with E-state index >= 15 is 0 Å². The van der Waals surface area contributed by atoms with Crippen LogP contribution in [0.25, 0.3) is 11.4 Å². The van der Waals surface area contributed by atoms with Gasteiger partial charge in [-0.15, -0.1) is 11.3 Å². The van der Waals surface area contributed by atoms with Crippen molar-refractivity contribution in [1.29, 1.82) is 0 Å². The zero-order valence-corrected chi connectivity index (χ0v) is 14.9. The average Bonchev–Trinajstić information content (AvgIpc) is 3.24. The number of carbonyl (C=O) groups is 1. The second kappa shape index (κ2) is 6.76. The van der Waals surface area contributed by atoms with Crippen LogP contribution in [0.2, 0.25) is 0 Å². The van der Waals surface area contributed by atoms with Crippen LogP contribution < -0.4 is 4.90 Å². The molecule has 1 aliphatic heterocycles. The number of aromatic nitrogens is 2. The van der Waals surface area contributed by atoms with Gasteiger partial charge < -0.3 is 4.90 Å². The molecule has 1 unspecified atom stereocenters. The Labute approximate surface area is 151 Å². The van der Waals surface area contributed by atoms with Crippen molar-refractivity contribution >= 4 is 22.9 Å². The number of amides is 1. The Morgan fingerprint density at radius 3 is 2.88 bits per heavy atom. The number of thiazole rings is 1. The van der Waals surface area contributed by atoms with Crippen LogP contribution in [0, 0.1) is 0 Å². The largest absolute Gasteiger partial charge is 0.309 e. The van der Waals surface area contributed by atoms with Crippen molar-refractivity contribution in [1.82, 2.24) is 9.97 Å². The fraction of sp³-hybridized carbons (Fsp3) is 0.250. The summed E-state index contributed by atoms with van der Waals surface area (Å²) in [5, 5.41) is 2.99. The number of rotatable bonds is 4. The standard InChI is InChI=1S/C20H19N3OS/c1-14-12-15-6-2-3-8-18(15)23(14)20(24)10-9-19-22-17(13-25-19)16-7-4-5-11-21-16/h2-8,11,13-14H,9-10,12H2,1H3. The van der Waals surface area contributed by atoms with Gasteiger partial charge in [-0.2, -0.15) is 0 Å². The third-order valence-corrected chi connectivity index (χ3v) is 5.42. The van der Waals surface area contributed by atoms with Crippen LogP contribution in [0.1, 0.15) is 23.9 Å². The van der Waals surface area contributed by atoms with E-state index in [0.717, 1.165) is 28.5 Å². The zero-order valence-electron chi connectivity index (χ0n) is 14.1. The van der Waals surface area contributed by atoms with Crippen LogP contribution in [0.5, 0.6) is 0 Å². The quantitative estimate of drug-likeness (QED) is 0.712. The minimum Gasteiger partial charge on any atom is -0.309 e. The van der Waals surface area contributed by atoms with Crippen LogP contribution in [0.15, 0.2) is 54.0 Å². The average molecular weight is 349 g/mol. The van der Waals surface area contributed by atoms with Crippen molar-refractivity contribution in [3.8, 4) is 11.4 Å². The predicted molar refractivity (Wildman–Crippen MR) is 101 cm³/mol. The SMILES string of the molecule is CC1Cc2ccccc2N1C(=O)CCc1nc(-c2ccccn2)cs1. The minimum absolute atomic E-state index is 0.173. The summed E-state index contributed by atoms with van der Waals surface area (Å²) in [6, 6.07) is 14.2. The smallest absolute Gasteiger partial charge is 0.227 e. The molecule has 3 aromatic rings. The first-order valence-corrected chi connectivity index (χ1v) is 9.36. The molecule has 0 bridgehead atoms. The van der Waals surface area contributed by atoms with Crippen molar-refractivity contribution in [2.75, 3.05) is 4.90 Å². The van der Waals surface area contributed by atoms with Gasteiger partial charge in [-0.25, -0.2) is 4.98 Å². The Kier molecular flexibility index (Phi) is 4.32. The van der Waals surface area contributed by atoms with E-state index in [2.05, 4.69) is 23.0 Å². The molecule has 0 spiro atoms. The van der Waals surface area contributed by atoms with Crippen LogP contribution in [-0.2, 0) is 17.6 Å². The Hall–Kier alpha value is -2.53. The van der Waals surface area contributed by atoms with Crippen molar-refractivity contribution in [3.63, 3.8) is 0 Å².